The molecule has 1 amide bonds. The summed E-state index contributed by atoms with van der Waals surface area (Å²) in [6.45, 7) is 6.58. The Balaban J connectivity index is 1.81. The van der Waals surface area contributed by atoms with E-state index in [0.717, 1.165) is 23.3 Å². The molecule has 0 bridgehead atoms. The van der Waals surface area contributed by atoms with Gasteiger partial charge in [-0.2, -0.15) is 0 Å². The van der Waals surface area contributed by atoms with Gasteiger partial charge in [0.15, 0.2) is 0 Å². The Morgan fingerprint density at radius 2 is 2.00 bits per heavy atom. The van der Waals surface area contributed by atoms with Gasteiger partial charge in [-0.05, 0) is 52.8 Å². The average Bonchev–Trinajstić information content (AvgIpc) is 2.59. The first-order valence-electron chi connectivity index (χ1n) is 8.80. The van der Waals surface area contributed by atoms with Crippen LogP contribution in [0.2, 0.25) is 0 Å². The predicted molar refractivity (Wildman–Crippen MR) is 101 cm³/mol. The molecule has 0 aliphatic carbocycles. The molecule has 0 spiro atoms. The molecule has 0 fully saturated rings. The monoisotopic (exact) mass is 356 g/mol. The number of methoxy groups -OCH3 is 1. The van der Waals surface area contributed by atoms with Crippen molar-refractivity contribution in [3.05, 3.63) is 58.9 Å². The molecule has 0 radical (unpaired) electrons. The Kier molecular flexibility index (Phi) is 5.01. The molecule has 0 saturated heterocycles. The molecular weight excluding hydrogens is 331 g/mol. The molecule has 3 rings (SSSR count). The zero-order chi connectivity index (χ0) is 18.9. The quantitative estimate of drug-likeness (QED) is 0.875. The summed E-state index contributed by atoms with van der Waals surface area (Å²) in [6.07, 6.45) is 0.839. The Morgan fingerprint density at radius 1 is 1.23 bits per heavy atom. The molecule has 2 N–H and O–H groups in total. The molecule has 2 aromatic rings. The number of rotatable bonds is 3. The number of fused-ring (bicyclic) bond motifs is 1. The Morgan fingerprint density at radius 3 is 2.65 bits per heavy atom. The van der Waals surface area contributed by atoms with E-state index in [1.165, 1.54) is 6.07 Å². The van der Waals surface area contributed by atoms with Gasteiger partial charge in [0.05, 0.1) is 7.11 Å². The molecule has 0 aromatic heterocycles. The number of carbonyl (C=O) groups is 1. The molecule has 5 heteroatoms. The summed E-state index contributed by atoms with van der Waals surface area (Å²) in [5, 5.41) is 6.06. The van der Waals surface area contributed by atoms with E-state index in [9.17, 15) is 9.18 Å². The standard InChI is InChI=1S/C21H25FN2O2/c1-21(2,3)17-8-5-14(12-18(17)22)24-20(25)19-16-7-6-15(26-4)11-13(16)9-10-23-19/h5-8,11-12,19,23H,9-10H2,1-4H3,(H,24,25)/t19-/m0/s1. The lowest BCUT2D eigenvalue weighted by molar-refractivity contribution is -0.118. The minimum atomic E-state index is -0.463. The van der Waals surface area contributed by atoms with Crippen molar-refractivity contribution < 1.29 is 13.9 Å². The first-order valence-corrected chi connectivity index (χ1v) is 8.80. The Labute approximate surface area is 153 Å². The average molecular weight is 356 g/mol. The smallest absolute Gasteiger partial charge is 0.246 e. The Hall–Kier alpha value is -2.40. The first kappa shape index (κ1) is 18.4. The van der Waals surface area contributed by atoms with Gasteiger partial charge >= 0.3 is 0 Å². The van der Waals surface area contributed by atoms with Gasteiger partial charge in [-0.3, -0.25) is 4.79 Å². The van der Waals surface area contributed by atoms with Crippen LogP contribution in [0.4, 0.5) is 10.1 Å². The topological polar surface area (TPSA) is 50.4 Å². The van der Waals surface area contributed by atoms with Crippen molar-refractivity contribution in [2.24, 2.45) is 0 Å². The second-order valence-corrected chi connectivity index (χ2v) is 7.64. The highest BCUT2D eigenvalue weighted by molar-refractivity contribution is 5.96. The summed E-state index contributed by atoms with van der Waals surface area (Å²) in [4.78, 5) is 12.8. The highest BCUT2D eigenvalue weighted by Gasteiger charge is 2.27. The lowest BCUT2D eigenvalue weighted by Crippen LogP contribution is -2.38. The van der Waals surface area contributed by atoms with E-state index in [1.54, 1.807) is 19.2 Å². The number of nitrogens with one attached hydrogen (secondary N) is 2. The third kappa shape index (κ3) is 3.73. The van der Waals surface area contributed by atoms with E-state index < -0.39 is 6.04 Å². The van der Waals surface area contributed by atoms with E-state index in [-0.39, 0.29) is 17.1 Å². The summed E-state index contributed by atoms with van der Waals surface area (Å²) in [7, 11) is 1.63. The fraction of sp³-hybridized carbons (Fsp3) is 0.381. The lowest BCUT2D eigenvalue weighted by atomic mass is 9.86. The molecule has 1 heterocycles. The number of hydrogen-bond donors (Lipinski definition) is 2. The van der Waals surface area contributed by atoms with Crippen molar-refractivity contribution in [2.45, 2.75) is 38.6 Å². The van der Waals surface area contributed by atoms with Crippen molar-refractivity contribution in [3.8, 4) is 5.75 Å². The molecule has 0 unspecified atom stereocenters. The molecule has 26 heavy (non-hydrogen) atoms. The van der Waals surface area contributed by atoms with E-state index in [2.05, 4.69) is 10.6 Å². The first-order chi connectivity index (χ1) is 12.3. The van der Waals surface area contributed by atoms with Crippen LogP contribution in [0.5, 0.6) is 5.75 Å². The van der Waals surface area contributed by atoms with E-state index in [0.29, 0.717) is 17.8 Å². The molecule has 1 aliphatic heterocycles. The molecule has 1 aliphatic rings. The highest BCUT2D eigenvalue weighted by Crippen LogP contribution is 2.29. The van der Waals surface area contributed by atoms with Crippen molar-refractivity contribution in [1.29, 1.82) is 0 Å². The number of amides is 1. The number of halogens is 1. The number of hydrogen-bond acceptors (Lipinski definition) is 3. The van der Waals surface area contributed by atoms with Crippen LogP contribution in [-0.4, -0.2) is 19.6 Å². The fourth-order valence-electron chi connectivity index (χ4n) is 3.32. The Bertz CT molecular complexity index is 827. The van der Waals surface area contributed by atoms with Gasteiger partial charge in [0.25, 0.3) is 0 Å². The van der Waals surface area contributed by atoms with E-state index >= 15 is 0 Å². The molecular formula is C21H25FN2O2. The number of anilines is 1. The van der Waals surface area contributed by atoms with Gasteiger partial charge in [-0.25, -0.2) is 4.39 Å². The van der Waals surface area contributed by atoms with Gasteiger partial charge in [0, 0.05) is 12.2 Å². The second kappa shape index (κ2) is 7.08. The number of carbonyl (C=O) groups excluding carboxylic acids is 1. The minimum absolute atomic E-state index is 0.195. The fourth-order valence-corrected chi connectivity index (χ4v) is 3.32. The van der Waals surface area contributed by atoms with Crippen LogP contribution < -0.4 is 15.4 Å². The van der Waals surface area contributed by atoms with Crippen LogP contribution in [0.15, 0.2) is 36.4 Å². The molecule has 138 valence electrons. The molecule has 1 atom stereocenters. The summed E-state index contributed by atoms with van der Waals surface area (Å²) in [5.74, 6) is 0.278. The third-order valence-corrected chi connectivity index (χ3v) is 4.71. The van der Waals surface area contributed by atoms with Crippen LogP contribution in [0.1, 0.15) is 43.5 Å². The van der Waals surface area contributed by atoms with Crippen molar-refractivity contribution >= 4 is 11.6 Å². The molecule has 4 nitrogen and oxygen atoms in total. The van der Waals surface area contributed by atoms with Crippen molar-refractivity contribution in [1.82, 2.24) is 5.32 Å². The van der Waals surface area contributed by atoms with Crippen molar-refractivity contribution in [2.75, 3.05) is 19.0 Å². The zero-order valence-electron chi connectivity index (χ0n) is 15.7. The largest absolute Gasteiger partial charge is 0.497 e. The zero-order valence-corrected chi connectivity index (χ0v) is 15.7. The third-order valence-electron chi connectivity index (χ3n) is 4.71. The summed E-state index contributed by atoms with van der Waals surface area (Å²) >= 11 is 0. The maximum Gasteiger partial charge on any atom is 0.246 e. The van der Waals surface area contributed by atoms with Gasteiger partial charge in [0.2, 0.25) is 5.91 Å². The van der Waals surface area contributed by atoms with Crippen LogP contribution >= 0.6 is 0 Å². The maximum atomic E-state index is 14.4. The van der Waals surface area contributed by atoms with E-state index in [4.69, 9.17) is 4.74 Å². The molecule has 0 saturated carbocycles. The second-order valence-electron chi connectivity index (χ2n) is 7.64. The van der Waals surface area contributed by atoms with Crippen molar-refractivity contribution in [3.63, 3.8) is 0 Å². The maximum absolute atomic E-state index is 14.4. The summed E-state index contributed by atoms with van der Waals surface area (Å²) in [5.41, 5.74) is 2.83. The normalized spacial score (nSPS) is 16.7. The van der Waals surface area contributed by atoms with Crippen LogP contribution in [-0.2, 0) is 16.6 Å². The van der Waals surface area contributed by atoms with Crippen LogP contribution in [0, 0.1) is 5.82 Å². The van der Waals surface area contributed by atoms with Gasteiger partial charge < -0.3 is 15.4 Å². The summed E-state index contributed by atoms with van der Waals surface area (Å²) in [6, 6.07) is 10.1. The molecule has 2 aromatic carbocycles. The van der Waals surface area contributed by atoms with E-state index in [1.807, 2.05) is 39.0 Å². The van der Waals surface area contributed by atoms with Gasteiger partial charge in [-0.1, -0.05) is 32.9 Å². The highest BCUT2D eigenvalue weighted by atomic mass is 19.1. The SMILES string of the molecule is COc1ccc2c(c1)CCN[C@@H]2C(=O)Nc1ccc(C(C)(C)C)c(F)c1. The number of ether oxygens (including phenoxy) is 1. The number of benzene rings is 2. The van der Waals surface area contributed by atoms with Crippen LogP contribution in [0.3, 0.4) is 0 Å². The lowest BCUT2D eigenvalue weighted by Gasteiger charge is -2.26. The predicted octanol–water partition coefficient (Wildman–Crippen LogP) is 3.96. The van der Waals surface area contributed by atoms with Gasteiger partial charge in [0.1, 0.15) is 17.6 Å². The minimum Gasteiger partial charge on any atom is -0.497 e. The van der Waals surface area contributed by atoms with Gasteiger partial charge in [-0.15, -0.1) is 0 Å². The van der Waals surface area contributed by atoms with Crippen LogP contribution in [0.25, 0.3) is 0 Å². The summed E-state index contributed by atoms with van der Waals surface area (Å²) < 4.78 is 19.6.